The van der Waals surface area contributed by atoms with E-state index in [2.05, 4.69) is 5.32 Å². The van der Waals surface area contributed by atoms with Crippen molar-refractivity contribution in [1.82, 2.24) is 10.2 Å². The summed E-state index contributed by atoms with van der Waals surface area (Å²) in [7, 11) is 0. The minimum Gasteiger partial charge on any atom is -0.352 e. The number of hydrogen-bond donors (Lipinski definition) is 1. The van der Waals surface area contributed by atoms with Crippen molar-refractivity contribution < 1.29 is 14.0 Å². The van der Waals surface area contributed by atoms with Gasteiger partial charge in [-0.25, -0.2) is 4.39 Å². The van der Waals surface area contributed by atoms with E-state index in [1.807, 2.05) is 0 Å². The number of benzene rings is 2. The number of nitrogens with one attached hydrogen (secondary N) is 1. The molecule has 7 heteroatoms. The van der Waals surface area contributed by atoms with E-state index in [0.717, 1.165) is 31.2 Å². The molecule has 166 valence electrons. The van der Waals surface area contributed by atoms with Crippen molar-refractivity contribution >= 4 is 35.0 Å². The lowest BCUT2D eigenvalue weighted by Crippen LogP contribution is -2.50. The Balaban J connectivity index is 1.77. The van der Waals surface area contributed by atoms with Gasteiger partial charge in [-0.15, -0.1) is 0 Å². The smallest absolute Gasteiger partial charge is 0.242 e. The molecular weight excluding hydrogens is 438 g/mol. The minimum atomic E-state index is -0.675. The molecule has 2 aromatic carbocycles. The molecule has 1 aliphatic rings. The van der Waals surface area contributed by atoms with Crippen LogP contribution in [0.2, 0.25) is 10.0 Å². The van der Waals surface area contributed by atoms with Crippen molar-refractivity contribution in [2.45, 2.75) is 64.1 Å². The van der Waals surface area contributed by atoms with Crippen LogP contribution in [0.15, 0.2) is 42.5 Å². The van der Waals surface area contributed by atoms with Gasteiger partial charge in [-0.3, -0.25) is 9.59 Å². The van der Waals surface area contributed by atoms with Crippen LogP contribution in [0.4, 0.5) is 4.39 Å². The molecular formula is C24H27Cl2FN2O2. The third kappa shape index (κ3) is 6.68. The number of halogens is 3. The van der Waals surface area contributed by atoms with Gasteiger partial charge in [0.15, 0.2) is 0 Å². The molecule has 0 aliphatic heterocycles. The van der Waals surface area contributed by atoms with Crippen molar-refractivity contribution in [2.24, 2.45) is 0 Å². The summed E-state index contributed by atoms with van der Waals surface area (Å²) in [6, 6.07) is 10.4. The zero-order chi connectivity index (χ0) is 22.4. The van der Waals surface area contributed by atoms with Crippen molar-refractivity contribution in [3.63, 3.8) is 0 Å². The number of carbonyl (C=O) groups is 2. The van der Waals surface area contributed by atoms with Crippen LogP contribution in [0.3, 0.4) is 0 Å². The molecule has 0 unspecified atom stereocenters. The van der Waals surface area contributed by atoms with Crippen LogP contribution >= 0.6 is 23.2 Å². The number of amides is 2. The van der Waals surface area contributed by atoms with Crippen LogP contribution in [-0.2, 0) is 22.6 Å². The lowest BCUT2D eigenvalue weighted by atomic mass is 9.95. The van der Waals surface area contributed by atoms with Crippen molar-refractivity contribution in [2.75, 3.05) is 0 Å². The van der Waals surface area contributed by atoms with Crippen molar-refractivity contribution in [1.29, 1.82) is 0 Å². The first-order chi connectivity index (χ1) is 14.8. The van der Waals surface area contributed by atoms with E-state index in [1.165, 1.54) is 23.5 Å². The third-order valence-corrected chi connectivity index (χ3v) is 6.33. The second kappa shape index (κ2) is 11.0. The molecule has 1 saturated carbocycles. The normalized spacial score (nSPS) is 15.4. The first-order valence-corrected chi connectivity index (χ1v) is 11.4. The van der Waals surface area contributed by atoms with Gasteiger partial charge in [0.05, 0.1) is 6.42 Å². The van der Waals surface area contributed by atoms with Gasteiger partial charge < -0.3 is 10.2 Å². The minimum absolute atomic E-state index is 0.0399. The van der Waals surface area contributed by atoms with Gasteiger partial charge in [0, 0.05) is 22.6 Å². The van der Waals surface area contributed by atoms with E-state index in [0.29, 0.717) is 15.6 Å². The zero-order valence-corrected chi connectivity index (χ0v) is 19.1. The van der Waals surface area contributed by atoms with Gasteiger partial charge in [0.1, 0.15) is 11.9 Å². The van der Waals surface area contributed by atoms with Gasteiger partial charge in [-0.2, -0.15) is 0 Å². The highest BCUT2D eigenvalue weighted by Crippen LogP contribution is 2.23. The molecule has 0 bridgehead atoms. The second-order valence-electron chi connectivity index (χ2n) is 8.08. The fraction of sp³-hybridized carbons (Fsp3) is 0.417. The highest BCUT2D eigenvalue weighted by molar-refractivity contribution is 6.35. The highest BCUT2D eigenvalue weighted by Gasteiger charge is 2.28. The molecule has 31 heavy (non-hydrogen) atoms. The van der Waals surface area contributed by atoms with Crippen LogP contribution < -0.4 is 5.32 Å². The van der Waals surface area contributed by atoms with E-state index in [-0.39, 0.29) is 36.6 Å². The Hall–Kier alpha value is -2.11. The van der Waals surface area contributed by atoms with Crippen LogP contribution in [0.5, 0.6) is 0 Å². The molecule has 0 aromatic heterocycles. The molecule has 4 nitrogen and oxygen atoms in total. The lowest BCUT2D eigenvalue weighted by molar-refractivity contribution is -0.140. The van der Waals surface area contributed by atoms with Gasteiger partial charge in [0.25, 0.3) is 0 Å². The molecule has 0 heterocycles. The lowest BCUT2D eigenvalue weighted by Gasteiger charge is -2.31. The fourth-order valence-corrected chi connectivity index (χ4v) is 4.34. The van der Waals surface area contributed by atoms with Gasteiger partial charge in [-0.05, 0) is 55.2 Å². The summed E-state index contributed by atoms with van der Waals surface area (Å²) in [5.41, 5.74) is 1.38. The largest absolute Gasteiger partial charge is 0.352 e. The highest BCUT2D eigenvalue weighted by atomic mass is 35.5. The molecule has 2 amide bonds. The van der Waals surface area contributed by atoms with Crippen LogP contribution in [0, 0.1) is 5.82 Å². The average Bonchev–Trinajstić information content (AvgIpc) is 2.75. The molecule has 1 atom stereocenters. The Labute approximate surface area is 192 Å². The predicted molar refractivity (Wildman–Crippen MR) is 122 cm³/mol. The topological polar surface area (TPSA) is 49.4 Å². The molecule has 0 spiro atoms. The standard InChI is InChI=1S/C24H27Cl2FN2O2/c1-16(24(31)28-21-5-3-2-4-6-21)29(15-17-7-11-20(27)12-8-17)23(30)13-18-9-10-19(25)14-22(18)26/h7-12,14,16,21H,2-6,13,15H2,1H3,(H,28,31)/t16-/m0/s1. The monoisotopic (exact) mass is 464 g/mol. The van der Waals surface area contributed by atoms with E-state index in [9.17, 15) is 14.0 Å². The average molecular weight is 465 g/mol. The van der Waals surface area contributed by atoms with E-state index < -0.39 is 6.04 Å². The fourth-order valence-electron chi connectivity index (χ4n) is 3.87. The molecule has 0 saturated heterocycles. The Morgan fingerprint density at radius 3 is 2.42 bits per heavy atom. The zero-order valence-electron chi connectivity index (χ0n) is 17.5. The summed E-state index contributed by atoms with van der Waals surface area (Å²) in [5, 5.41) is 3.99. The van der Waals surface area contributed by atoms with Gasteiger partial charge in [-0.1, -0.05) is 60.7 Å². The maximum atomic E-state index is 13.3. The summed E-state index contributed by atoms with van der Waals surface area (Å²) in [6.45, 7) is 1.92. The van der Waals surface area contributed by atoms with E-state index >= 15 is 0 Å². The van der Waals surface area contributed by atoms with Crippen LogP contribution in [0.25, 0.3) is 0 Å². The molecule has 1 fully saturated rings. The van der Waals surface area contributed by atoms with Gasteiger partial charge in [0.2, 0.25) is 11.8 Å². The molecule has 3 rings (SSSR count). The predicted octanol–water partition coefficient (Wildman–Crippen LogP) is 5.54. The SMILES string of the molecule is C[C@@H](C(=O)NC1CCCCC1)N(Cc1ccc(F)cc1)C(=O)Cc1ccc(Cl)cc1Cl. The summed E-state index contributed by atoms with van der Waals surface area (Å²) in [5.74, 6) is -0.762. The van der Waals surface area contributed by atoms with Crippen LogP contribution in [-0.4, -0.2) is 28.8 Å². The van der Waals surface area contributed by atoms with Crippen LogP contribution in [0.1, 0.15) is 50.2 Å². The van der Waals surface area contributed by atoms with E-state index in [4.69, 9.17) is 23.2 Å². The molecule has 1 N–H and O–H groups in total. The molecule has 2 aromatic rings. The molecule has 0 radical (unpaired) electrons. The van der Waals surface area contributed by atoms with Gasteiger partial charge >= 0.3 is 0 Å². The third-order valence-electron chi connectivity index (χ3n) is 5.74. The quantitative estimate of drug-likeness (QED) is 0.584. The maximum absolute atomic E-state index is 13.3. The Morgan fingerprint density at radius 2 is 1.77 bits per heavy atom. The second-order valence-corrected chi connectivity index (χ2v) is 8.92. The summed E-state index contributed by atoms with van der Waals surface area (Å²) >= 11 is 12.2. The first-order valence-electron chi connectivity index (χ1n) is 10.6. The Morgan fingerprint density at radius 1 is 1.10 bits per heavy atom. The van der Waals surface area contributed by atoms with Crippen molar-refractivity contribution in [3.8, 4) is 0 Å². The summed E-state index contributed by atoms with van der Waals surface area (Å²) < 4.78 is 13.3. The Kier molecular flexibility index (Phi) is 8.33. The number of rotatable bonds is 7. The molecule has 1 aliphatic carbocycles. The first kappa shape index (κ1) is 23.6. The number of carbonyl (C=O) groups excluding carboxylic acids is 2. The number of hydrogen-bond acceptors (Lipinski definition) is 2. The van der Waals surface area contributed by atoms with Crippen molar-refractivity contribution in [3.05, 3.63) is 69.5 Å². The Bertz CT molecular complexity index is 914. The summed E-state index contributed by atoms with van der Waals surface area (Å²) in [6.07, 6.45) is 5.37. The summed E-state index contributed by atoms with van der Waals surface area (Å²) in [4.78, 5) is 27.7. The number of nitrogens with zero attached hydrogens (tertiary/aromatic N) is 1. The maximum Gasteiger partial charge on any atom is 0.242 e. The van der Waals surface area contributed by atoms with E-state index in [1.54, 1.807) is 37.3 Å².